The summed E-state index contributed by atoms with van der Waals surface area (Å²) in [4.78, 5) is 24.0. The molecule has 1 amide bonds. The molecule has 4 aromatic rings. The number of halogens is 2. The summed E-state index contributed by atoms with van der Waals surface area (Å²) in [7, 11) is 0. The number of anilines is 1. The van der Waals surface area contributed by atoms with Crippen LogP contribution in [0.15, 0.2) is 48.9 Å². The van der Waals surface area contributed by atoms with E-state index in [1.807, 2.05) is 18.2 Å². The highest BCUT2D eigenvalue weighted by Gasteiger charge is 2.24. The fraction of sp³-hybridized carbons (Fsp3) is 0.318. The number of H-pyrrole nitrogens is 1. The minimum atomic E-state index is -2.60. The van der Waals surface area contributed by atoms with Gasteiger partial charge in [0.25, 0.3) is 12.3 Å². The molecule has 9 heteroatoms. The first kappa shape index (κ1) is 19.5. The van der Waals surface area contributed by atoms with Crippen molar-refractivity contribution in [2.45, 2.75) is 44.2 Å². The van der Waals surface area contributed by atoms with Gasteiger partial charge in [0, 0.05) is 36.1 Å². The lowest BCUT2D eigenvalue weighted by Gasteiger charge is -2.30. The quantitative estimate of drug-likeness (QED) is 0.446. The molecule has 7 nitrogen and oxygen atoms in total. The number of pyridine rings is 2. The zero-order valence-corrected chi connectivity index (χ0v) is 16.7. The Balaban J connectivity index is 1.22. The number of nitrogens with one attached hydrogen (secondary N) is 3. The first-order valence-electron chi connectivity index (χ1n) is 10.3. The van der Waals surface area contributed by atoms with E-state index in [-0.39, 0.29) is 23.7 Å². The van der Waals surface area contributed by atoms with Crippen LogP contribution in [0, 0.1) is 0 Å². The summed E-state index contributed by atoms with van der Waals surface area (Å²) in [6.07, 6.45) is 5.60. The predicted octanol–water partition coefficient (Wildman–Crippen LogP) is 4.30. The van der Waals surface area contributed by atoms with E-state index >= 15 is 0 Å². The molecule has 0 saturated heterocycles. The number of carbonyl (C=O) groups is 1. The lowest BCUT2D eigenvalue weighted by atomic mass is 9.91. The van der Waals surface area contributed by atoms with Crippen LogP contribution in [0.3, 0.4) is 0 Å². The molecule has 0 aliphatic heterocycles. The van der Waals surface area contributed by atoms with Crippen molar-refractivity contribution in [3.05, 3.63) is 60.2 Å². The average Bonchev–Trinajstić information content (AvgIpc) is 3.42. The Morgan fingerprint density at radius 1 is 1.13 bits per heavy atom. The van der Waals surface area contributed by atoms with Gasteiger partial charge in [-0.05, 0) is 49.9 Å². The van der Waals surface area contributed by atoms with Gasteiger partial charge in [-0.2, -0.15) is 0 Å². The van der Waals surface area contributed by atoms with Crippen molar-refractivity contribution < 1.29 is 13.6 Å². The lowest BCUT2D eigenvalue weighted by molar-refractivity contribution is 0.0928. The number of amides is 1. The molecular formula is C22H22F2N6O. The number of nitrogens with zero attached hydrogens (tertiary/aromatic N) is 3. The molecule has 3 N–H and O–H groups in total. The summed E-state index contributed by atoms with van der Waals surface area (Å²) in [5, 5.41) is 7.41. The molecule has 0 atom stereocenters. The number of carbonyl (C=O) groups excluding carboxylic acids is 1. The van der Waals surface area contributed by atoms with E-state index in [0.717, 1.165) is 36.9 Å². The fourth-order valence-corrected chi connectivity index (χ4v) is 4.27. The van der Waals surface area contributed by atoms with Crippen LogP contribution < -0.4 is 10.6 Å². The maximum Gasteiger partial charge on any atom is 0.281 e. The molecule has 4 aromatic heterocycles. The second-order valence-electron chi connectivity index (χ2n) is 7.87. The third kappa shape index (κ3) is 3.83. The SMILES string of the molecule is O=C(NC1CCC(Nc2cccc3nc(C(F)F)cn23)CC1)c1ccnc2[nH]ccc12. The highest BCUT2D eigenvalue weighted by atomic mass is 19.3. The van der Waals surface area contributed by atoms with Crippen LogP contribution in [0.25, 0.3) is 16.7 Å². The minimum Gasteiger partial charge on any atom is -0.368 e. The number of aromatic nitrogens is 4. The van der Waals surface area contributed by atoms with Crippen LogP contribution in [0.2, 0.25) is 0 Å². The highest BCUT2D eigenvalue weighted by Crippen LogP contribution is 2.25. The van der Waals surface area contributed by atoms with Crippen molar-refractivity contribution in [2.24, 2.45) is 0 Å². The number of alkyl halides is 2. The Kier molecular flexibility index (Phi) is 5.01. The van der Waals surface area contributed by atoms with Gasteiger partial charge in [-0.25, -0.2) is 18.7 Å². The van der Waals surface area contributed by atoms with E-state index in [2.05, 4.69) is 25.6 Å². The molecule has 5 rings (SSSR count). The van der Waals surface area contributed by atoms with Gasteiger partial charge in [-0.1, -0.05) is 6.07 Å². The standard InChI is InChI=1S/C22H22F2N6O/c23-20(24)17-12-30-18(2-1-3-19(30)29-17)27-13-4-6-14(7-5-13)28-22(31)16-9-11-26-21-15(16)8-10-25-21/h1-3,8-14,20,27H,4-7H2,(H,25,26)(H,28,31). The average molecular weight is 424 g/mol. The van der Waals surface area contributed by atoms with Crippen molar-refractivity contribution in [3.63, 3.8) is 0 Å². The van der Waals surface area contributed by atoms with Crippen molar-refractivity contribution in [2.75, 3.05) is 5.32 Å². The lowest BCUT2D eigenvalue weighted by Crippen LogP contribution is -2.40. The Morgan fingerprint density at radius 2 is 1.94 bits per heavy atom. The number of imidazole rings is 1. The van der Waals surface area contributed by atoms with E-state index in [4.69, 9.17) is 0 Å². The van der Waals surface area contributed by atoms with Crippen LogP contribution in [0.5, 0.6) is 0 Å². The van der Waals surface area contributed by atoms with Gasteiger partial charge in [0.1, 0.15) is 22.8 Å². The van der Waals surface area contributed by atoms with E-state index in [1.54, 1.807) is 28.9 Å². The van der Waals surface area contributed by atoms with E-state index in [9.17, 15) is 13.6 Å². The zero-order valence-electron chi connectivity index (χ0n) is 16.7. The molecule has 1 fully saturated rings. The molecule has 0 unspecified atom stereocenters. The normalized spacial score (nSPS) is 19.2. The van der Waals surface area contributed by atoms with Gasteiger partial charge < -0.3 is 15.6 Å². The molecule has 31 heavy (non-hydrogen) atoms. The summed E-state index contributed by atoms with van der Waals surface area (Å²) in [6, 6.07) is 9.28. The van der Waals surface area contributed by atoms with Gasteiger partial charge in [0.15, 0.2) is 0 Å². The summed E-state index contributed by atoms with van der Waals surface area (Å²) in [5.41, 5.74) is 1.58. The third-order valence-corrected chi connectivity index (χ3v) is 5.85. The number of rotatable bonds is 5. The van der Waals surface area contributed by atoms with Crippen LogP contribution in [0.1, 0.15) is 48.2 Å². The Morgan fingerprint density at radius 3 is 2.74 bits per heavy atom. The van der Waals surface area contributed by atoms with Crippen molar-refractivity contribution >= 4 is 28.4 Å². The second kappa shape index (κ2) is 7.98. The first-order valence-corrected chi connectivity index (χ1v) is 10.3. The smallest absolute Gasteiger partial charge is 0.281 e. The minimum absolute atomic E-state index is 0.0916. The molecule has 0 bridgehead atoms. The van der Waals surface area contributed by atoms with Gasteiger partial charge in [0.2, 0.25) is 0 Å². The molecule has 0 radical (unpaired) electrons. The zero-order chi connectivity index (χ0) is 21.4. The molecule has 0 aromatic carbocycles. The second-order valence-corrected chi connectivity index (χ2v) is 7.87. The maximum absolute atomic E-state index is 13.0. The van der Waals surface area contributed by atoms with Gasteiger partial charge >= 0.3 is 0 Å². The number of aromatic amines is 1. The fourth-order valence-electron chi connectivity index (χ4n) is 4.27. The molecule has 1 saturated carbocycles. The highest BCUT2D eigenvalue weighted by molar-refractivity contribution is 6.05. The molecule has 1 aliphatic rings. The molecule has 1 aliphatic carbocycles. The maximum atomic E-state index is 13.0. The Bertz CT molecular complexity index is 1230. The van der Waals surface area contributed by atoms with Crippen molar-refractivity contribution in [1.82, 2.24) is 24.7 Å². The van der Waals surface area contributed by atoms with E-state index in [1.165, 1.54) is 6.20 Å². The van der Waals surface area contributed by atoms with E-state index < -0.39 is 6.43 Å². The van der Waals surface area contributed by atoms with E-state index in [0.29, 0.717) is 16.9 Å². The number of hydrogen-bond donors (Lipinski definition) is 3. The van der Waals surface area contributed by atoms with Gasteiger partial charge in [-0.3, -0.25) is 9.20 Å². The summed E-state index contributed by atoms with van der Waals surface area (Å²) >= 11 is 0. The molecular weight excluding hydrogens is 402 g/mol. The van der Waals surface area contributed by atoms with Crippen LogP contribution in [0.4, 0.5) is 14.6 Å². The summed E-state index contributed by atoms with van der Waals surface area (Å²) in [6.45, 7) is 0. The first-order chi connectivity index (χ1) is 15.1. The third-order valence-electron chi connectivity index (χ3n) is 5.85. The largest absolute Gasteiger partial charge is 0.368 e. The predicted molar refractivity (Wildman–Crippen MR) is 113 cm³/mol. The van der Waals surface area contributed by atoms with Crippen molar-refractivity contribution in [1.29, 1.82) is 0 Å². The molecule has 160 valence electrons. The summed E-state index contributed by atoms with van der Waals surface area (Å²) < 4.78 is 27.7. The van der Waals surface area contributed by atoms with Gasteiger partial charge in [-0.15, -0.1) is 0 Å². The monoisotopic (exact) mass is 424 g/mol. The van der Waals surface area contributed by atoms with Gasteiger partial charge in [0.05, 0.1) is 5.56 Å². The molecule has 0 spiro atoms. The van der Waals surface area contributed by atoms with Crippen LogP contribution in [-0.2, 0) is 0 Å². The Hall–Kier alpha value is -3.49. The van der Waals surface area contributed by atoms with Crippen LogP contribution >= 0.6 is 0 Å². The van der Waals surface area contributed by atoms with Crippen LogP contribution in [-0.4, -0.2) is 37.3 Å². The molecule has 4 heterocycles. The topological polar surface area (TPSA) is 87.1 Å². The van der Waals surface area contributed by atoms with Crippen molar-refractivity contribution in [3.8, 4) is 0 Å². The number of hydrogen-bond acceptors (Lipinski definition) is 4. The number of fused-ring (bicyclic) bond motifs is 2. The Labute approximate surface area is 176 Å². The summed E-state index contributed by atoms with van der Waals surface area (Å²) in [5.74, 6) is 0.655.